The molecular formula is C33H36N4O7S. The summed E-state index contributed by atoms with van der Waals surface area (Å²) in [6.45, 7) is 4.17. The van der Waals surface area contributed by atoms with Crippen molar-refractivity contribution in [1.82, 2.24) is 10.3 Å². The number of benzene rings is 3. The van der Waals surface area contributed by atoms with Gasteiger partial charge in [-0.25, -0.2) is 18.0 Å². The number of aromatic nitrogens is 1. The number of aryl methyl sites for hydroxylation is 2. The maximum atomic E-state index is 12.8. The highest BCUT2D eigenvalue weighted by Gasteiger charge is 2.38. The number of fused-ring (bicyclic) bond motifs is 1. The SMILES string of the molecule is CNCc1cc(NC(=O)OCCc2c(C)cc(C(Nc3ccc4cc[nH]c(=O)c4c3)C(=O)O)cc2C)ccc1S(=O)(=O)C1CC1. The van der Waals surface area contributed by atoms with E-state index in [1.807, 2.05) is 13.8 Å². The van der Waals surface area contributed by atoms with Gasteiger partial charge in [0.15, 0.2) is 15.9 Å². The van der Waals surface area contributed by atoms with E-state index in [0.717, 1.165) is 22.1 Å². The van der Waals surface area contributed by atoms with Gasteiger partial charge in [-0.05, 0) is 103 Å². The van der Waals surface area contributed by atoms with Crippen molar-refractivity contribution in [2.75, 3.05) is 24.3 Å². The van der Waals surface area contributed by atoms with E-state index in [-0.39, 0.29) is 22.3 Å². The molecule has 45 heavy (non-hydrogen) atoms. The van der Waals surface area contributed by atoms with Gasteiger partial charge in [-0.1, -0.05) is 18.2 Å². The van der Waals surface area contributed by atoms with Gasteiger partial charge in [-0.3, -0.25) is 10.1 Å². The number of amides is 1. The molecule has 4 aromatic rings. The normalized spacial score (nSPS) is 13.8. The molecule has 0 saturated heterocycles. The minimum absolute atomic E-state index is 0.0800. The molecule has 236 valence electrons. The smallest absolute Gasteiger partial charge is 0.411 e. The number of hydrogen-bond acceptors (Lipinski definition) is 8. The number of pyridine rings is 1. The quantitative estimate of drug-likeness (QED) is 0.147. The summed E-state index contributed by atoms with van der Waals surface area (Å²) in [5, 5.41) is 19.6. The second-order valence-corrected chi connectivity index (χ2v) is 13.5. The number of H-pyrrole nitrogens is 1. The van der Waals surface area contributed by atoms with Crippen LogP contribution in [0.3, 0.4) is 0 Å². The van der Waals surface area contributed by atoms with E-state index in [1.54, 1.807) is 61.8 Å². The van der Waals surface area contributed by atoms with Crippen molar-refractivity contribution in [3.8, 4) is 0 Å². The van der Waals surface area contributed by atoms with Crippen molar-refractivity contribution in [3.63, 3.8) is 0 Å². The topological polar surface area (TPSA) is 167 Å². The third-order valence-electron chi connectivity index (χ3n) is 7.91. The molecule has 0 radical (unpaired) electrons. The van der Waals surface area contributed by atoms with Crippen LogP contribution in [0.5, 0.6) is 0 Å². The van der Waals surface area contributed by atoms with Gasteiger partial charge in [0.2, 0.25) is 0 Å². The molecule has 1 atom stereocenters. The second-order valence-electron chi connectivity index (χ2n) is 11.3. The summed E-state index contributed by atoms with van der Waals surface area (Å²) in [6.07, 6.45) is 2.64. The van der Waals surface area contributed by atoms with Crippen molar-refractivity contribution in [2.24, 2.45) is 0 Å². The Morgan fingerprint density at radius 2 is 1.73 bits per heavy atom. The molecule has 12 heteroatoms. The zero-order valence-electron chi connectivity index (χ0n) is 25.3. The Kier molecular flexibility index (Phi) is 9.26. The van der Waals surface area contributed by atoms with E-state index in [0.29, 0.717) is 53.7 Å². The fourth-order valence-electron chi connectivity index (χ4n) is 5.54. The molecule has 1 heterocycles. The Morgan fingerprint density at radius 3 is 2.40 bits per heavy atom. The molecule has 3 aromatic carbocycles. The third-order valence-corrected chi connectivity index (χ3v) is 10.3. The summed E-state index contributed by atoms with van der Waals surface area (Å²) in [6, 6.07) is 14.2. The van der Waals surface area contributed by atoms with E-state index >= 15 is 0 Å². The molecule has 11 nitrogen and oxygen atoms in total. The minimum Gasteiger partial charge on any atom is -0.479 e. The van der Waals surface area contributed by atoms with E-state index in [2.05, 4.69) is 20.9 Å². The molecule has 0 spiro atoms. The number of nitrogens with one attached hydrogen (secondary N) is 4. The van der Waals surface area contributed by atoms with E-state index < -0.39 is 27.9 Å². The third kappa shape index (κ3) is 7.18. The Hall–Kier alpha value is -4.68. The number of aliphatic carboxylic acids is 1. The van der Waals surface area contributed by atoms with Crippen LogP contribution in [0.25, 0.3) is 10.8 Å². The number of aromatic amines is 1. The molecule has 0 aliphatic heterocycles. The standard InChI is InChI=1S/C33H36N4O7S/c1-19-14-22(30(32(39)40)36-25-5-4-21-10-12-35-31(38)28(21)17-25)15-20(2)27(19)11-13-44-33(41)37-24-6-9-29(23(16-24)18-34-3)45(42,43)26-7-8-26/h4-6,9-10,12,14-17,26,30,34,36H,7-8,11,13,18H2,1-3H3,(H,35,38)(H,37,41)(H,39,40). The molecule has 1 fully saturated rings. The number of carbonyl (C=O) groups excluding carboxylic acids is 1. The first-order chi connectivity index (χ1) is 21.5. The molecule has 5 rings (SSSR count). The Bertz CT molecular complexity index is 1910. The number of carboxylic acid groups (broad SMARTS) is 1. The summed E-state index contributed by atoms with van der Waals surface area (Å²) in [7, 11) is -1.66. The maximum absolute atomic E-state index is 12.8. The number of carbonyl (C=O) groups is 2. The molecule has 5 N–H and O–H groups in total. The van der Waals surface area contributed by atoms with Crippen LogP contribution in [0.15, 0.2) is 70.5 Å². The lowest BCUT2D eigenvalue weighted by Crippen LogP contribution is -2.21. The largest absolute Gasteiger partial charge is 0.479 e. The van der Waals surface area contributed by atoms with Crippen LogP contribution in [0.4, 0.5) is 16.2 Å². The first-order valence-corrected chi connectivity index (χ1v) is 16.2. The summed E-state index contributed by atoms with van der Waals surface area (Å²) < 4.78 is 31.0. The minimum atomic E-state index is -3.39. The first kappa shape index (κ1) is 31.7. The Morgan fingerprint density at radius 1 is 1.02 bits per heavy atom. The fourth-order valence-corrected chi connectivity index (χ4v) is 7.41. The lowest BCUT2D eigenvalue weighted by atomic mass is 9.94. The molecule has 1 aliphatic rings. The van der Waals surface area contributed by atoms with Gasteiger partial charge in [0, 0.05) is 35.9 Å². The summed E-state index contributed by atoms with van der Waals surface area (Å²) in [5.41, 5.74) is 4.43. The number of ether oxygens (including phenoxy) is 1. The number of hydrogen-bond donors (Lipinski definition) is 5. The number of rotatable bonds is 12. The Balaban J connectivity index is 1.23. The van der Waals surface area contributed by atoms with Crippen LogP contribution < -0.4 is 21.5 Å². The van der Waals surface area contributed by atoms with E-state index in [4.69, 9.17) is 4.74 Å². The highest BCUT2D eigenvalue weighted by molar-refractivity contribution is 7.92. The van der Waals surface area contributed by atoms with Crippen LogP contribution in [0.1, 0.15) is 46.7 Å². The Labute approximate surface area is 260 Å². The fraction of sp³-hybridized carbons (Fsp3) is 0.303. The van der Waals surface area contributed by atoms with Crippen molar-refractivity contribution in [1.29, 1.82) is 0 Å². The van der Waals surface area contributed by atoms with Gasteiger partial charge in [0.05, 0.1) is 16.8 Å². The highest BCUT2D eigenvalue weighted by atomic mass is 32.2. The second kappa shape index (κ2) is 13.1. The van der Waals surface area contributed by atoms with Gasteiger partial charge in [-0.15, -0.1) is 0 Å². The first-order valence-electron chi connectivity index (χ1n) is 14.6. The van der Waals surface area contributed by atoms with Crippen LogP contribution in [0.2, 0.25) is 0 Å². The summed E-state index contributed by atoms with van der Waals surface area (Å²) in [4.78, 5) is 40.0. The number of carboxylic acids is 1. The van der Waals surface area contributed by atoms with Crippen LogP contribution in [-0.4, -0.2) is 49.5 Å². The van der Waals surface area contributed by atoms with Gasteiger partial charge in [0.1, 0.15) is 0 Å². The number of anilines is 2. The molecule has 1 amide bonds. The van der Waals surface area contributed by atoms with Crippen LogP contribution >= 0.6 is 0 Å². The van der Waals surface area contributed by atoms with Gasteiger partial charge in [0.25, 0.3) is 5.56 Å². The predicted molar refractivity (Wildman–Crippen MR) is 173 cm³/mol. The average molecular weight is 633 g/mol. The molecular weight excluding hydrogens is 596 g/mol. The molecule has 1 aromatic heterocycles. The van der Waals surface area contributed by atoms with Gasteiger partial charge in [-0.2, -0.15) is 0 Å². The summed E-state index contributed by atoms with van der Waals surface area (Å²) in [5.74, 6) is -1.07. The predicted octanol–water partition coefficient (Wildman–Crippen LogP) is 4.83. The van der Waals surface area contributed by atoms with Gasteiger partial charge < -0.3 is 25.5 Å². The van der Waals surface area contributed by atoms with Crippen molar-refractivity contribution in [3.05, 3.63) is 99.0 Å². The highest BCUT2D eigenvalue weighted by Crippen LogP contribution is 2.35. The number of sulfone groups is 1. The van der Waals surface area contributed by atoms with Crippen molar-refractivity contribution in [2.45, 2.75) is 55.8 Å². The zero-order valence-corrected chi connectivity index (χ0v) is 26.1. The average Bonchev–Trinajstić information content (AvgIpc) is 3.84. The molecule has 1 aliphatic carbocycles. The van der Waals surface area contributed by atoms with Crippen LogP contribution in [0, 0.1) is 13.8 Å². The van der Waals surface area contributed by atoms with E-state index in [9.17, 15) is 27.9 Å². The lowest BCUT2D eigenvalue weighted by Gasteiger charge is -2.20. The maximum Gasteiger partial charge on any atom is 0.411 e. The summed E-state index contributed by atoms with van der Waals surface area (Å²) >= 11 is 0. The molecule has 1 unspecified atom stereocenters. The van der Waals surface area contributed by atoms with Crippen molar-refractivity contribution < 1.29 is 27.9 Å². The van der Waals surface area contributed by atoms with E-state index in [1.165, 1.54) is 6.07 Å². The zero-order chi connectivity index (χ0) is 32.3. The molecule has 0 bridgehead atoms. The van der Waals surface area contributed by atoms with Crippen molar-refractivity contribution >= 4 is 44.0 Å². The lowest BCUT2D eigenvalue weighted by molar-refractivity contribution is -0.138. The van der Waals surface area contributed by atoms with Gasteiger partial charge >= 0.3 is 12.1 Å². The van der Waals surface area contributed by atoms with Crippen LogP contribution in [-0.2, 0) is 32.3 Å². The molecule has 1 saturated carbocycles. The monoisotopic (exact) mass is 632 g/mol.